The van der Waals surface area contributed by atoms with Gasteiger partial charge in [0.05, 0.1) is 12.6 Å². The topological polar surface area (TPSA) is 66.9 Å². The molecule has 0 saturated heterocycles. The Labute approximate surface area is 188 Å². The molecule has 0 atom stereocenters. The Hall–Kier alpha value is -3.70. The number of halogens is 1. The summed E-state index contributed by atoms with van der Waals surface area (Å²) in [5.74, 6) is 1.08. The van der Waals surface area contributed by atoms with Gasteiger partial charge in [-0.2, -0.15) is 0 Å². The number of carbonyl (C=O) groups is 1. The molecule has 4 rings (SSSR count). The van der Waals surface area contributed by atoms with Crippen LogP contribution in [-0.4, -0.2) is 15.9 Å². The fraction of sp³-hybridized carbons (Fsp3) is 0.0800. The first-order valence-electron chi connectivity index (χ1n) is 9.82. The molecule has 0 aliphatic heterocycles. The predicted molar refractivity (Wildman–Crippen MR) is 127 cm³/mol. The van der Waals surface area contributed by atoms with Gasteiger partial charge in [-0.3, -0.25) is 4.79 Å². The van der Waals surface area contributed by atoms with Crippen molar-refractivity contribution in [3.05, 3.63) is 108 Å². The fourth-order valence-corrected chi connectivity index (χ4v) is 3.09. The minimum absolute atomic E-state index is 0. The Balaban J connectivity index is 0.00000272. The molecule has 31 heavy (non-hydrogen) atoms. The lowest BCUT2D eigenvalue weighted by atomic mass is 10.1. The van der Waals surface area contributed by atoms with Gasteiger partial charge in [0, 0.05) is 12.1 Å². The van der Waals surface area contributed by atoms with Gasteiger partial charge in [0.2, 0.25) is 5.91 Å². The summed E-state index contributed by atoms with van der Waals surface area (Å²) in [5, 5.41) is 6.29. The van der Waals surface area contributed by atoms with Crippen molar-refractivity contribution in [2.75, 3.05) is 10.6 Å². The van der Waals surface area contributed by atoms with Crippen molar-refractivity contribution in [2.45, 2.75) is 13.0 Å². The van der Waals surface area contributed by atoms with Crippen LogP contribution in [0.2, 0.25) is 0 Å². The van der Waals surface area contributed by atoms with Crippen molar-refractivity contribution in [1.29, 1.82) is 0 Å². The largest absolute Gasteiger partial charge is 0.364 e. The third kappa shape index (κ3) is 6.14. The highest BCUT2D eigenvalue weighted by Gasteiger charge is 2.12. The zero-order valence-electron chi connectivity index (χ0n) is 16.9. The molecule has 3 aromatic carbocycles. The van der Waals surface area contributed by atoms with Crippen molar-refractivity contribution in [3.8, 4) is 11.4 Å². The molecule has 0 aliphatic rings. The van der Waals surface area contributed by atoms with E-state index in [1.807, 2.05) is 91.0 Å². The second-order valence-corrected chi connectivity index (χ2v) is 6.87. The van der Waals surface area contributed by atoms with E-state index in [1.54, 1.807) is 6.20 Å². The molecule has 5 nitrogen and oxygen atoms in total. The van der Waals surface area contributed by atoms with E-state index in [0.717, 1.165) is 16.7 Å². The van der Waals surface area contributed by atoms with Crippen LogP contribution in [0.4, 0.5) is 11.5 Å². The minimum atomic E-state index is -0.111. The summed E-state index contributed by atoms with van der Waals surface area (Å²) in [7, 11) is 0. The summed E-state index contributed by atoms with van der Waals surface area (Å²) in [6, 6.07) is 29.5. The number of benzene rings is 3. The SMILES string of the molecule is Cl.O=C(Cc1ccccc1)Nc1cnc(-c2ccccc2)nc1NCc1ccccc1. The zero-order chi connectivity index (χ0) is 20.6. The summed E-state index contributed by atoms with van der Waals surface area (Å²) in [6.45, 7) is 0.591. The standard InChI is InChI=1S/C25H22N4O.ClH/c30-23(16-19-10-4-1-5-11-19)28-22-18-27-24(21-14-8-3-9-15-21)29-25(22)26-17-20-12-6-2-7-13-20;/h1-15,18H,16-17H2,(H,28,30)(H,26,27,29);1H. The Bertz CT molecular complexity index is 1110. The predicted octanol–water partition coefficient (Wildman–Crippen LogP) is 5.36. The number of aromatic nitrogens is 2. The molecule has 0 aliphatic carbocycles. The monoisotopic (exact) mass is 430 g/mol. The minimum Gasteiger partial charge on any atom is -0.364 e. The van der Waals surface area contributed by atoms with Crippen LogP contribution in [0.25, 0.3) is 11.4 Å². The molecule has 6 heteroatoms. The van der Waals surface area contributed by atoms with Crippen molar-refractivity contribution >= 4 is 29.8 Å². The summed E-state index contributed by atoms with van der Waals surface area (Å²) in [4.78, 5) is 21.7. The third-order valence-corrected chi connectivity index (χ3v) is 4.61. The lowest BCUT2D eigenvalue weighted by Gasteiger charge is -2.13. The summed E-state index contributed by atoms with van der Waals surface area (Å²) >= 11 is 0. The maximum Gasteiger partial charge on any atom is 0.228 e. The van der Waals surface area contributed by atoms with Crippen LogP contribution in [0, 0.1) is 0 Å². The first-order valence-corrected chi connectivity index (χ1v) is 9.82. The number of anilines is 2. The van der Waals surface area contributed by atoms with E-state index in [4.69, 9.17) is 0 Å². The average molecular weight is 431 g/mol. The summed E-state index contributed by atoms with van der Waals surface area (Å²) in [6.07, 6.45) is 1.95. The maximum absolute atomic E-state index is 12.6. The molecule has 4 aromatic rings. The van der Waals surface area contributed by atoms with Crippen LogP contribution >= 0.6 is 12.4 Å². The van der Waals surface area contributed by atoms with E-state index in [-0.39, 0.29) is 18.3 Å². The molecule has 1 heterocycles. The van der Waals surface area contributed by atoms with E-state index in [1.165, 1.54) is 0 Å². The lowest BCUT2D eigenvalue weighted by Crippen LogP contribution is -2.17. The Morgan fingerprint density at radius 2 is 1.35 bits per heavy atom. The van der Waals surface area contributed by atoms with Crippen LogP contribution in [0.5, 0.6) is 0 Å². The van der Waals surface area contributed by atoms with Gasteiger partial charge in [0.25, 0.3) is 0 Å². The molecule has 0 radical (unpaired) electrons. The van der Waals surface area contributed by atoms with E-state index >= 15 is 0 Å². The molecule has 0 fully saturated rings. The number of nitrogens with zero attached hydrogens (tertiary/aromatic N) is 2. The van der Waals surface area contributed by atoms with Crippen molar-refractivity contribution < 1.29 is 4.79 Å². The molecule has 1 aromatic heterocycles. The number of hydrogen-bond acceptors (Lipinski definition) is 4. The van der Waals surface area contributed by atoms with Crippen molar-refractivity contribution in [1.82, 2.24) is 9.97 Å². The lowest BCUT2D eigenvalue weighted by molar-refractivity contribution is -0.115. The maximum atomic E-state index is 12.6. The van der Waals surface area contributed by atoms with Crippen LogP contribution in [0.1, 0.15) is 11.1 Å². The van der Waals surface area contributed by atoms with Gasteiger partial charge in [0.1, 0.15) is 5.69 Å². The fourth-order valence-electron chi connectivity index (χ4n) is 3.09. The van der Waals surface area contributed by atoms with Gasteiger partial charge in [0.15, 0.2) is 11.6 Å². The van der Waals surface area contributed by atoms with Gasteiger partial charge in [-0.15, -0.1) is 12.4 Å². The molecule has 0 unspecified atom stereocenters. The number of nitrogens with one attached hydrogen (secondary N) is 2. The van der Waals surface area contributed by atoms with E-state index in [0.29, 0.717) is 30.3 Å². The molecule has 2 N–H and O–H groups in total. The van der Waals surface area contributed by atoms with Gasteiger partial charge in [-0.25, -0.2) is 9.97 Å². The zero-order valence-corrected chi connectivity index (χ0v) is 17.7. The highest BCUT2D eigenvalue weighted by Crippen LogP contribution is 2.24. The van der Waals surface area contributed by atoms with E-state index < -0.39 is 0 Å². The highest BCUT2D eigenvalue weighted by molar-refractivity contribution is 5.94. The van der Waals surface area contributed by atoms with Gasteiger partial charge < -0.3 is 10.6 Å². The molecule has 0 bridgehead atoms. The number of hydrogen-bond donors (Lipinski definition) is 2. The molecular weight excluding hydrogens is 408 g/mol. The van der Waals surface area contributed by atoms with E-state index in [9.17, 15) is 4.79 Å². The Kier molecular flexibility index (Phi) is 7.73. The second-order valence-electron chi connectivity index (χ2n) is 6.87. The Morgan fingerprint density at radius 1 is 0.774 bits per heavy atom. The summed E-state index contributed by atoms with van der Waals surface area (Å²) in [5.41, 5.74) is 3.56. The average Bonchev–Trinajstić information content (AvgIpc) is 2.80. The van der Waals surface area contributed by atoms with E-state index in [2.05, 4.69) is 20.6 Å². The molecule has 1 amide bonds. The normalized spacial score (nSPS) is 10.1. The molecule has 0 spiro atoms. The van der Waals surface area contributed by atoms with Crippen LogP contribution in [-0.2, 0) is 17.8 Å². The van der Waals surface area contributed by atoms with Crippen LogP contribution in [0.15, 0.2) is 97.2 Å². The number of carbonyl (C=O) groups excluding carboxylic acids is 1. The van der Waals surface area contributed by atoms with Crippen LogP contribution < -0.4 is 10.6 Å². The highest BCUT2D eigenvalue weighted by atomic mass is 35.5. The smallest absolute Gasteiger partial charge is 0.228 e. The summed E-state index contributed by atoms with van der Waals surface area (Å²) < 4.78 is 0. The first kappa shape index (κ1) is 22.0. The van der Waals surface area contributed by atoms with Crippen molar-refractivity contribution in [2.24, 2.45) is 0 Å². The molecular formula is C25H23ClN4O. The van der Waals surface area contributed by atoms with Gasteiger partial charge in [-0.05, 0) is 11.1 Å². The quantitative estimate of drug-likeness (QED) is 0.414. The second kappa shape index (κ2) is 10.9. The van der Waals surface area contributed by atoms with Crippen LogP contribution in [0.3, 0.4) is 0 Å². The third-order valence-electron chi connectivity index (χ3n) is 4.61. The molecule has 0 saturated carbocycles. The van der Waals surface area contributed by atoms with Gasteiger partial charge >= 0.3 is 0 Å². The van der Waals surface area contributed by atoms with Gasteiger partial charge in [-0.1, -0.05) is 91.0 Å². The first-order chi connectivity index (χ1) is 14.8. The van der Waals surface area contributed by atoms with Crippen molar-refractivity contribution in [3.63, 3.8) is 0 Å². The number of amides is 1. The number of rotatable bonds is 7. The molecule has 156 valence electrons. The Morgan fingerprint density at radius 3 is 2.00 bits per heavy atom.